The zero-order valence-electron chi connectivity index (χ0n) is 11.6. The first-order chi connectivity index (χ1) is 10.4. The molecular formula is C14H12ClN3O4. The lowest BCUT2D eigenvalue weighted by atomic mass is 10.2. The van der Waals surface area contributed by atoms with Gasteiger partial charge in [-0.2, -0.15) is 0 Å². The molecule has 2 aromatic carbocycles. The smallest absolute Gasteiger partial charge is 0.299 e. The van der Waals surface area contributed by atoms with Gasteiger partial charge in [-0.05, 0) is 23.8 Å². The van der Waals surface area contributed by atoms with Gasteiger partial charge in [0.15, 0.2) is 0 Å². The van der Waals surface area contributed by atoms with E-state index in [0.717, 1.165) is 11.6 Å². The number of nitro benzene ring substituents is 2. The third-order valence-corrected chi connectivity index (χ3v) is 3.32. The van der Waals surface area contributed by atoms with Crippen LogP contribution in [0.5, 0.6) is 0 Å². The molecule has 22 heavy (non-hydrogen) atoms. The van der Waals surface area contributed by atoms with E-state index in [-0.39, 0.29) is 11.4 Å². The Morgan fingerprint density at radius 1 is 1.09 bits per heavy atom. The molecule has 0 saturated heterocycles. The maximum atomic E-state index is 11.1. The molecule has 2 rings (SSSR count). The third-order valence-electron chi connectivity index (χ3n) is 3.09. The van der Waals surface area contributed by atoms with Gasteiger partial charge in [-0.3, -0.25) is 20.2 Å². The van der Waals surface area contributed by atoms with Crippen LogP contribution in [0.25, 0.3) is 0 Å². The van der Waals surface area contributed by atoms with E-state index in [1.807, 2.05) is 6.07 Å². The predicted molar refractivity (Wildman–Crippen MR) is 83.3 cm³/mol. The van der Waals surface area contributed by atoms with E-state index in [9.17, 15) is 20.2 Å². The predicted octanol–water partition coefficient (Wildman–Crippen LogP) is 3.79. The Morgan fingerprint density at radius 2 is 1.82 bits per heavy atom. The summed E-state index contributed by atoms with van der Waals surface area (Å²) in [6.07, 6.45) is 0. The zero-order valence-corrected chi connectivity index (χ0v) is 12.4. The molecule has 0 N–H and O–H groups in total. The Morgan fingerprint density at radius 3 is 2.41 bits per heavy atom. The number of halogens is 1. The van der Waals surface area contributed by atoms with Gasteiger partial charge in [-0.1, -0.05) is 23.7 Å². The fourth-order valence-electron chi connectivity index (χ4n) is 2.09. The first kappa shape index (κ1) is 15.7. The minimum absolute atomic E-state index is 0.301. The van der Waals surface area contributed by atoms with Crippen molar-refractivity contribution in [2.75, 3.05) is 11.9 Å². The van der Waals surface area contributed by atoms with E-state index < -0.39 is 9.85 Å². The molecule has 0 atom stereocenters. The molecule has 0 amide bonds. The molecule has 7 nitrogen and oxygen atoms in total. The van der Waals surface area contributed by atoms with Crippen LogP contribution in [-0.4, -0.2) is 16.9 Å². The highest BCUT2D eigenvalue weighted by molar-refractivity contribution is 6.30. The molecule has 2 aromatic rings. The van der Waals surface area contributed by atoms with Crippen molar-refractivity contribution in [1.82, 2.24) is 0 Å². The van der Waals surface area contributed by atoms with Crippen LogP contribution in [0, 0.1) is 20.2 Å². The van der Waals surface area contributed by atoms with Gasteiger partial charge in [0, 0.05) is 24.7 Å². The number of hydrogen-bond acceptors (Lipinski definition) is 5. The Kier molecular flexibility index (Phi) is 4.57. The van der Waals surface area contributed by atoms with Gasteiger partial charge in [-0.15, -0.1) is 0 Å². The molecule has 0 saturated carbocycles. The summed E-state index contributed by atoms with van der Waals surface area (Å²) in [6, 6.07) is 10.7. The molecule has 0 aromatic heterocycles. The highest BCUT2D eigenvalue weighted by atomic mass is 35.5. The maximum Gasteiger partial charge on any atom is 0.299 e. The lowest BCUT2D eigenvalue weighted by molar-refractivity contribution is -0.393. The first-order valence-electron chi connectivity index (χ1n) is 6.27. The number of anilines is 1. The highest BCUT2D eigenvalue weighted by Gasteiger charge is 2.21. The minimum Gasteiger partial charge on any atom is -0.365 e. The van der Waals surface area contributed by atoms with Crippen LogP contribution in [0.1, 0.15) is 5.56 Å². The Labute approximate surface area is 131 Å². The van der Waals surface area contributed by atoms with Crippen molar-refractivity contribution in [2.24, 2.45) is 0 Å². The first-order valence-corrected chi connectivity index (χ1v) is 6.64. The number of rotatable bonds is 5. The van der Waals surface area contributed by atoms with E-state index in [1.54, 1.807) is 30.1 Å². The summed E-state index contributed by atoms with van der Waals surface area (Å²) in [5, 5.41) is 22.5. The van der Waals surface area contributed by atoms with Crippen LogP contribution in [-0.2, 0) is 6.54 Å². The van der Waals surface area contributed by atoms with Crippen molar-refractivity contribution >= 4 is 28.7 Å². The van der Waals surface area contributed by atoms with Gasteiger partial charge in [0.2, 0.25) is 0 Å². The van der Waals surface area contributed by atoms with Crippen molar-refractivity contribution in [1.29, 1.82) is 0 Å². The number of non-ortho nitro benzene ring substituents is 1. The van der Waals surface area contributed by atoms with Gasteiger partial charge in [-0.25, -0.2) is 0 Å². The molecule has 0 aliphatic carbocycles. The fraction of sp³-hybridized carbons (Fsp3) is 0.143. The average molecular weight is 322 g/mol. The van der Waals surface area contributed by atoms with Gasteiger partial charge < -0.3 is 4.90 Å². The topological polar surface area (TPSA) is 89.5 Å². The van der Waals surface area contributed by atoms with Crippen LogP contribution in [0.2, 0.25) is 5.02 Å². The second-order valence-electron chi connectivity index (χ2n) is 4.67. The van der Waals surface area contributed by atoms with Crippen molar-refractivity contribution in [2.45, 2.75) is 6.54 Å². The molecule has 0 heterocycles. The molecule has 0 unspecified atom stereocenters. The molecule has 8 heteroatoms. The highest BCUT2D eigenvalue weighted by Crippen LogP contribution is 2.32. The summed E-state index contributed by atoms with van der Waals surface area (Å²) in [7, 11) is 1.68. The van der Waals surface area contributed by atoms with Gasteiger partial charge >= 0.3 is 0 Å². The van der Waals surface area contributed by atoms with Crippen LogP contribution in [0.4, 0.5) is 17.1 Å². The van der Waals surface area contributed by atoms with E-state index in [0.29, 0.717) is 17.3 Å². The molecular weight excluding hydrogens is 310 g/mol. The summed E-state index contributed by atoms with van der Waals surface area (Å²) < 4.78 is 0. The lowest BCUT2D eigenvalue weighted by Crippen LogP contribution is -2.17. The number of hydrogen-bond donors (Lipinski definition) is 0. The SMILES string of the molecule is CN(Cc1cccc(Cl)c1)c1ccc([N+](=O)[O-])cc1[N+](=O)[O-]. The Hall–Kier alpha value is -2.67. The Balaban J connectivity index is 2.34. The van der Waals surface area contributed by atoms with E-state index in [1.165, 1.54) is 12.1 Å². The van der Waals surface area contributed by atoms with E-state index in [2.05, 4.69) is 0 Å². The molecule has 0 radical (unpaired) electrons. The molecule has 114 valence electrons. The van der Waals surface area contributed by atoms with Crippen molar-refractivity contribution in [3.05, 3.63) is 73.3 Å². The monoisotopic (exact) mass is 321 g/mol. The molecule has 0 aliphatic heterocycles. The molecule has 0 spiro atoms. The van der Waals surface area contributed by atoms with E-state index in [4.69, 9.17) is 11.6 Å². The molecule has 0 aliphatic rings. The molecule has 0 fully saturated rings. The minimum atomic E-state index is -0.659. The summed E-state index contributed by atoms with van der Waals surface area (Å²) in [5.41, 5.74) is 0.559. The van der Waals surface area contributed by atoms with Crippen molar-refractivity contribution in [3.8, 4) is 0 Å². The van der Waals surface area contributed by atoms with E-state index >= 15 is 0 Å². The van der Waals surface area contributed by atoms with Crippen molar-refractivity contribution in [3.63, 3.8) is 0 Å². The van der Waals surface area contributed by atoms with Crippen LogP contribution in [0.3, 0.4) is 0 Å². The summed E-state index contributed by atoms with van der Waals surface area (Å²) in [6.45, 7) is 0.388. The van der Waals surface area contributed by atoms with Gasteiger partial charge in [0.1, 0.15) is 5.69 Å². The second kappa shape index (κ2) is 6.40. The normalized spacial score (nSPS) is 10.3. The Bertz CT molecular complexity index is 736. The second-order valence-corrected chi connectivity index (χ2v) is 5.11. The standard InChI is InChI=1S/C14H12ClN3O4/c1-16(9-10-3-2-4-11(15)7-10)13-6-5-12(17(19)20)8-14(13)18(21)22/h2-8H,9H2,1H3. The number of nitrogens with zero attached hydrogens (tertiary/aromatic N) is 3. The maximum absolute atomic E-state index is 11.1. The summed E-state index contributed by atoms with van der Waals surface area (Å²) in [4.78, 5) is 22.2. The lowest BCUT2D eigenvalue weighted by Gasteiger charge is -2.19. The fourth-order valence-corrected chi connectivity index (χ4v) is 2.30. The van der Waals surface area contributed by atoms with Crippen LogP contribution >= 0.6 is 11.6 Å². The summed E-state index contributed by atoms with van der Waals surface area (Å²) in [5.74, 6) is 0. The van der Waals surface area contributed by atoms with Crippen molar-refractivity contribution < 1.29 is 9.85 Å². The largest absolute Gasteiger partial charge is 0.365 e. The number of benzene rings is 2. The quantitative estimate of drug-likeness (QED) is 0.617. The molecule has 0 bridgehead atoms. The average Bonchev–Trinajstić information content (AvgIpc) is 2.46. The van der Waals surface area contributed by atoms with Gasteiger partial charge in [0.25, 0.3) is 11.4 Å². The summed E-state index contributed by atoms with van der Waals surface area (Å²) >= 11 is 5.91. The zero-order chi connectivity index (χ0) is 16.3. The number of nitro groups is 2. The van der Waals surface area contributed by atoms with Gasteiger partial charge in [0.05, 0.1) is 15.9 Å². The third kappa shape index (κ3) is 3.50. The van der Waals surface area contributed by atoms with Crippen LogP contribution in [0.15, 0.2) is 42.5 Å². The van der Waals surface area contributed by atoms with Crippen LogP contribution < -0.4 is 4.90 Å².